The topological polar surface area (TPSA) is 83.8 Å². The molecule has 126 valence electrons. The van der Waals surface area contributed by atoms with Crippen molar-refractivity contribution in [3.8, 4) is 0 Å². The predicted octanol–water partition coefficient (Wildman–Crippen LogP) is 1.33. The van der Waals surface area contributed by atoms with Gasteiger partial charge in [0.2, 0.25) is 10.0 Å². The Hall–Kier alpha value is -1.45. The van der Waals surface area contributed by atoms with E-state index in [1.807, 2.05) is 11.6 Å². The second kappa shape index (κ2) is 6.58. The number of aromatic nitrogens is 2. The van der Waals surface area contributed by atoms with Crippen LogP contribution >= 0.6 is 11.3 Å². The summed E-state index contributed by atoms with van der Waals surface area (Å²) in [4.78, 5) is 17.4. The van der Waals surface area contributed by atoms with Crippen LogP contribution in [0.25, 0.3) is 4.96 Å². The minimum Gasteiger partial charge on any atom is -0.347 e. The molecule has 0 unspecified atom stereocenters. The third-order valence-corrected chi connectivity index (χ3v) is 6.67. The van der Waals surface area contributed by atoms with Crippen LogP contribution in [0.1, 0.15) is 36.7 Å². The first kappa shape index (κ1) is 16.4. The van der Waals surface area contributed by atoms with Crippen LogP contribution in [0, 0.1) is 0 Å². The highest BCUT2D eigenvalue weighted by Crippen LogP contribution is 2.16. The van der Waals surface area contributed by atoms with Gasteiger partial charge in [-0.2, -0.15) is 4.31 Å². The Bertz CT molecular complexity index is 767. The van der Waals surface area contributed by atoms with Gasteiger partial charge in [0.05, 0.1) is 5.75 Å². The molecule has 1 aliphatic rings. The molecule has 7 nitrogen and oxygen atoms in total. The molecule has 23 heavy (non-hydrogen) atoms. The van der Waals surface area contributed by atoms with Crippen molar-refractivity contribution in [2.75, 3.05) is 18.8 Å². The van der Waals surface area contributed by atoms with Crippen molar-refractivity contribution in [3.05, 3.63) is 23.5 Å². The smallest absolute Gasteiger partial charge is 0.271 e. The van der Waals surface area contributed by atoms with Crippen LogP contribution in [0.15, 0.2) is 17.8 Å². The van der Waals surface area contributed by atoms with E-state index in [1.54, 1.807) is 17.5 Å². The zero-order valence-electron chi connectivity index (χ0n) is 12.9. The highest BCUT2D eigenvalue weighted by atomic mass is 32.2. The predicted molar refractivity (Wildman–Crippen MR) is 89.2 cm³/mol. The lowest BCUT2D eigenvalue weighted by molar-refractivity contribution is 0.0927. The first-order chi connectivity index (χ1) is 11.0. The molecule has 1 N–H and O–H groups in total. The number of carbonyl (C=O) groups is 1. The molecule has 1 saturated heterocycles. The third-order valence-electron chi connectivity index (χ3n) is 4.05. The van der Waals surface area contributed by atoms with Gasteiger partial charge in [-0.05, 0) is 19.8 Å². The van der Waals surface area contributed by atoms with Crippen molar-refractivity contribution in [1.29, 1.82) is 0 Å². The number of nitrogens with zero attached hydrogens (tertiary/aromatic N) is 3. The number of hydrogen-bond donors (Lipinski definition) is 1. The summed E-state index contributed by atoms with van der Waals surface area (Å²) in [5.41, 5.74) is 0.367. The highest BCUT2D eigenvalue weighted by molar-refractivity contribution is 7.89. The van der Waals surface area contributed by atoms with Crippen molar-refractivity contribution >= 4 is 32.2 Å². The average Bonchev–Trinajstić information content (AvgIpc) is 3.03. The van der Waals surface area contributed by atoms with Gasteiger partial charge in [0, 0.05) is 36.9 Å². The van der Waals surface area contributed by atoms with Gasteiger partial charge in [-0.15, -0.1) is 11.3 Å². The first-order valence-corrected chi connectivity index (χ1v) is 10.2. The number of imidazole rings is 1. The zero-order chi connectivity index (χ0) is 16.4. The van der Waals surface area contributed by atoms with E-state index >= 15 is 0 Å². The fraction of sp³-hybridized carbons (Fsp3) is 0.571. The maximum absolute atomic E-state index is 12.4. The molecule has 3 rings (SSSR count). The van der Waals surface area contributed by atoms with Gasteiger partial charge in [0.15, 0.2) is 4.96 Å². The summed E-state index contributed by atoms with van der Waals surface area (Å²) in [6.07, 6.45) is 6.05. The number of hydrogen-bond acceptors (Lipinski definition) is 5. The second-order valence-corrected chi connectivity index (χ2v) is 8.77. The molecule has 0 spiro atoms. The van der Waals surface area contributed by atoms with Gasteiger partial charge >= 0.3 is 0 Å². The summed E-state index contributed by atoms with van der Waals surface area (Å²) in [7, 11) is -3.23. The summed E-state index contributed by atoms with van der Waals surface area (Å²) in [6, 6.07) is -0.175. The molecule has 3 heterocycles. The van der Waals surface area contributed by atoms with Crippen LogP contribution in [0.4, 0.5) is 0 Å². The Morgan fingerprint density at radius 1 is 1.48 bits per heavy atom. The van der Waals surface area contributed by atoms with Crippen molar-refractivity contribution in [2.45, 2.75) is 32.2 Å². The number of nitrogens with one attached hydrogen (secondary N) is 1. The quantitative estimate of drug-likeness (QED) is 0.896. The van der Waals surface area contributed by atoms with E-state index in [4.69, 9.17) is 0 Å². The van der Waals surface area contributed by atoms with E-state index in [-0.39, 0.29) is 17.7 Å². The minimum absolute atomic E-state index is 0.0883. The molecule has 0 aliphatic carbocycles. The molecular formula is C14H20N4O3S2. The van der Waals surface area contributed by atoms with Crippen LogP contribution in [0.3, 0.4) is 0 Å². The average molecular weight is 356 g/mol. The maximum Gasteiger partial charge on any atom is 0.271 e. The molecule has 2 aromatic rings. The molecule has 1 atom stereocenters. The van der Waals surface area contributed by atoms with E-state index < -0.39 is 10.0 Å². The molecule has 0 aromatic carbocycles. The van der Waals surface area contributed by atoms with Gasteiger partial charge < -0.3 is 5.32 Å². The monoisotopic (exact) mass is 356 g/mol. The molecule has 2 aromatic heterocycles. The number of thiazole rings is 1. The lowest BCUT2D eigenvalue weighted by Gasteiger charge is -2.23. The van der Waals surface area contributed by atoms with Gasteiger partial charge in [-0.3, -0.25) is 9.20 Å². The van der Waals surface area contributed by atoms with Crippen molar-refractivity contribution in [1.82, 2.24) is 19.0 Å². The fourth-order valence-corrected chi connectivity index (χ4v) is 4.64. The van der Waals surface area contributed by atoms with Crippen LogP contribution in [-0.2, 0) is 10.0 Å². The van der Waals surface area contributed by atoms with Crippen LogP contribution in [-0.4, -0.2) is 52.9 Å². The molecule has 0 radical (unpaired) electrons. The molecule has 1 fully saturated rings. The molecule has 0 saturated carbocycles. The first-order valence-electron chi connectivity index (χ1n) is 7.70. The van der Waals surface area contributed by atoms with Crippen LogP contribution in [0.2, 0.25) is 0 Å². The Morgan fingerprint density at radius 3 is 3.04 bits per heavy atom. The van der Waals surface area contributed by atoms with E-state index in [0.29, 0.717) is 18.8 Å². The van der Waals surface area contributed by atoms with Gasteiger partial charge in [-0.1, -0.05) is 6.42 Å². The highest BCUT2D eigenvalue weighted by Gasteiger charge is 2.27. The Morgan fingerprint density at radius 2 is 2.30 bits per heavy atom. The SMILES string of the molecule is CCS(=O)(=O)N1CCCC[C@H](NC(=O)c2cn3ccsc3n2)C1. The largest absolute Gasteiger partial charge is 0.347 e. The van der Waals surface area contributed by atoms with Crippen LogP contribution in [0.5, 0.6) is 0 Å². The molecule has 1 amide bonds. The van der Waals surface area contributed by atoms with Gasteiger partial charge in [0.25, 0.3) is 5.91 Å². The molecule has 1 aliphatic heterocycles. The van der Waals surface area contributed by atoms with Crippen molar-refractivity contribution in [3.63, 3.8) is 0 Å². The summed E-state index contributed by atoms with van der Waals surface area (Å²) in [6.45, 7) is 2.51. The number of sulfonamides is 1. The Balaban J connectivity index is 1.70. The van der Waals surface area contributed by atoms with Crippen LogP contribution < -0.4 is 5.32 Å². The summed E-state index contributed by atoms with van der Waals surface area (Å²) >= 11 is 1.47. The summed E-state index contributed by atoms with van der Waals surface area (Å²) in [5.74, 6) is -0.160. The normalized spacial score (nSPS) is 20.5. The number of fused-ring (bicyclic) bond motifs is 1. The van der Waals surface area contributed by atoms with E-state index in [2.05, 4.69) is 10.3 Å². The van der Waals surface area contributed by atoms with Gasteiger partial charge in [-0.25, -0.2) is 13.4 Å². The number of carbonyl (C=O) groups excluding carboxylic acids is 1. The second-order valence-electron chi connectivity index (χ2n) is 5.64. The lowest BCUT2D eigenvalue weighted by atomic mass is 10.1. The molecule has 9 heteroatoms. The number of rotatable bonds is 4. The molecular weight excluding hydrogens is 336 g/mol. The van der Waals surface area contributed by atoms with E-state index in [9.17, 15) is 13.2 Å². The summed E-state index contributed by atoms with van der Waals surface area (Å²) < 4.78 is 27.5. The van der Waals surface area contributed by atoms with Crippen molar-refractivity contribution < 1.29 is 13.2 Å². The van der Waals surface area contributed by atoms with E-state index in [0.717, 1.165) is 24.2 Å². The number of amides is 1. The van der Waals surface area contributed by atoms with Gasteiger partial charge in [0.1, 0.15) is 5.69 Å². The zero-order valence-corrected chi connectivity index (χ0v) is 14.6. The van der Waals surface area contributed by atoms with Crippen molar-refractivity contribution in [2.24, 2.45) is 0 Å². The minimum atomic E-state index is -3.23. The fourth-order valence-electron chi connectivity index (χ4n) is 2.76. The molecule has 0 bridgehead atoms. The third kappa shape index (κ3) is 3.56. The lowest BCUT2D eigenvalue weighted by Crippen LogP contribution is -2.45. The van der Waals surface area contributed by atoms with E-state index in [1.165, 1.54) is 15.6 Å². The summed E-state index contributed by atoms with van der Waals surface area (Å²) in [5, 5.41) is 4.84. The maximum atomic E-state index is 12.4. The standard InChI is InChI=1S/C14H20N4O3S2/c1-2-23(20,21)18-6-4-3-5-11(9-18)15-13(19)12-10-17-7-8-22-14(17)16-12/h7-8,10-11H,2-6,9H2,1H3,(H,15,19)/t11-/m0/s1. The Labute approximate surface area is 139 Å². The Kier molecular flexibility index (Phi) is 4.69.